The number of carbonyl (C=O) groups is 1. The minimum Gasteiger partial charge on any atom is -0.450 e. The summed E-state index contributed by atoms with van der Waals surface area (Å²) in [6, 6.07) is 3.84. The Morgan fingerprint density at radius 2 is 1.88 bits per heavy atom. The van der Waals surface area contributed by atoms with Crippen molar-refractivity contribution in [3.63, 3.8) is 0 Å². The molecule has 0 spiro atoms. The average Bonchev–Trinajstić information content (AvgIpc) is 3.59. The number of nitrogens with two attached hydrogens (primary N) is 1. The van der Waals surface area contributed by atoms with Gasteiger partial charge in [0.25, 0.3) is 0 Å². The third kappa shape index (κ3) is 6.72. The van der Waals surface area contributed by atoms with Crippen molar-refractivity contribution in [3.8, 4) is 21.8 Å². The Kier molecular flexibility index (Phi) is 9.29. The van der Waals surface area contributed by atoms with Crippen LogP contribution in [0.25, 0.3) is 27.5 Å². The molecule has 0 radical (unpaired) electrons. The van der Waals surface area contributed by atoms with E-state index in [4.69, 9.17) is 35.2 Å². The fourth-order valence-corrected chi connectivity index (χ4v) is 6.38. The first kappa shape index (κ1) is 29.3. The van der Waals surface area contributed by atoms with Crippen LogP contribution in [-0.2, 0) is 19.3 Å². The highest BCUT2D eigenvalue weighted by Gasteiger charge is 2.32. The van der Waals surface area contributed by atoms with Crippen molar-refractivity contribution in [1.29, 1.82) is 0 Å². The highest BCUT2D eigenvalue weighted by Crippen LogP contribution is 2.39. The maximum Gasteiger partial charge on any atom is 0.503 e. The van der Waals surface area contributed by atoms with Gasteiger partial charge < -0.3 is 25.4 Å². The van der Waals surface area contributed by atoms with Gasteiger partial charge >= 0.3 is 6.16 Å². The maximum absolute atomic E-state index is 12.8. The topological polar surface area (TPSA) is 192 Å². The van der Waals surface area contributed by atoms with E-state index in [1.165, 1.54) is 22.1 Å². The van der Waals surface area contributed by atoms with Gasteiger partial charge in [-0.2, -0.15) is 9.61 Å². The van der Waals surface area contributed by atoms with Gasteiger partial charge in [-0.1, -0.05) is 6.07 Å². The van der Waals surface area contributed by atoms with Gasteiger partial charge in [0, 0.05) is 48.2 Å². The van der Waals surface area contributed by atoms with Crippen LogP contribution < -0.4 is 5.73 Å². The molecule has 1 aliphatic carbocycles. The lowest BCUT2D eigenvalue weighted by molar-refractivity contribution is -0.00308. The Balaban J connectivity index is 0.000000867. The highest BCUT2D eigenvalue weighted by atomic mass is 32.2. The molecule has 4 aromatic rings. The molecule has 214 valence electrons. The van der Waals surface area contributed by atoms with Crippen LogP contribution in [0.1, 0.15) is 37.3 Å². The van der Waals surface area contributed by atoms with Crippen LogP contribution in [0.2, 0.25) is 0 Å². The third-order valence-corrected chi connectivity index (χ3v) is 8.42. The normalized spacial score (nSPS) is 17.4. The summed E-state index contributed by atoms with van der Waals surface area (Å²) < 4.78 is 38.0. The summed E-state index contributed by atoms with van der Waals surface area (Å²) in [5.74, 6) is 0.0343. The zero-order valence-corrected chi connectivity index (χ0v) is 23.6. The average molecular weight is 591 g/mol. The minimum atomic E-state index is -3.64. The second-order valence-corrected chi connectivity index (χ2v) is 12.0. The van der Waals surface area contributed by atoms with Crippen molar-refractivity contribution in [2.75, 3.05) is 32.3 Å². The second-order valence-electron chi connectivity index (χ2n) is 9.17. The zero-order valence-electron chi connectivity index (χ0n) is 21.9. The number of anilines is 1. The smallest absolute Gasteiger partial charge is 0.450 e. The van der Waals surface area contributed by atoms with Gasteiger partial charge in [0.05, 0.1) is 36.9 Å². The molecule has 4 aromatic heterocycles. The molecule has 0 bridgehead atoms. The van der Waals surface area contributed by atoms with Crippen molar-refractivity contribution in [2.24, 2.45) is 0 Å². The van der Waals surface area contributed by atoms with Gasteiger partial charge in [0.2, 0.25) is 0 Å². The van der Waals surface area contributed by atoms with Gasteiger partial charge in [-0.05, 0) is 31.7 Å². The standard InChI is InChI=1S/C24H28N6O4S2.CH2O3/c1-33-10-11-34-17-6-3-15(4-7-17)20-21(36(2,31)32)22(25)30-23(29-20)18(14-28-30)16-5-8-19(27-13-16)24-26-9-12-35-24;2-1(3)4/h5,8-9,12-15,17H,3-4,6-7,10-11,25H2,1-2H3;(H2,2,3,4). The van der Waals surface area contributed by atoms with E-state index in [2.05, 4.69) is 15.1 Å². The number of thiazole rings is 1. The van der Waals surface area contributed by atoms with E-state index in [0.717, 1.165) is 47.5 Å². The number of carboxylic acid groups (broad SMARTS) is 2. The number of nitrogens with zero attached hydrogens (tertiary/aromatic N) is 5. The van der Waals surface area contributed by atoms with Crippen molar-refractivity contribution in [2.45, 2.75) is 42.6 Å². The number of nitrogen functional groups attached to an aromatic ring is 1. The lowest BCUT2D eigenvalue weighted by Gasteiger charge is -2.29. The summed E-state index contributed by atoms with van der Waals surface area (Å²) in [5, 5.41) is 21.1. The summed E-state index contributed by atoms with van der Waals surface area (Å²) in [7, 11) is -1.99. The number of methoxy groups -OCH3 is 1. The van der Waals surface area contributed by atoms with Crippen LogP contribution >= 0.6 is 11.3 Å². The fraction of sp³-hybridized carbons (Fsp3) is 0.400. The number of pyridine rings is 1. The number of ether oxygens (including phenoxy) is 2. The van der Waals surface area contributed by atoms with Crippen molar-refractivity contribution in [1.82, 2.24) is 24.6 Å². The fourth-order valence-electron chi connectivity index (χ4n) is 4.71. The molecule has 1 fully saturated rings. The molecule has 0 atom stereocenters. The van der Waals surface area contributed by atoms with Gasteiger partial charge in [0.1, 0.15) is 15.7 Å². The molecule has 40 heavy (non-hydrogen) atoms. The Morgan fingerprint density at radius 3 is 2.45 bits per heavy atom. The molecule has 0 unspecified atom stereocenters. The quantitative estimate of drug-likeness (QED) is 0.252. The summed E-state index contributed by atoms with van der Waals surface area (Å²) >= 11 is 1.52. The summed E-state index contributed by atoms with van der Waals surface area (Å²) in [6.45, 7) is 1.10. The lowest BCUT2D eigenvalue weighted by Crippen LogP contribution is -2.24. The molecule has 0 aromatic carbocycles. The van der Waals surface area contributed by atoms with Gasteiger partial charge in [-0.15, -0.1) is 11.3 Å². The summed E-state index contributed by atoms with van der Waals surface area (Å²) in [5.41, 5.74) is 9.76. The molecule has 0 saturated heterocycles. The minimum absolute atomic E-state index is 0.0440. The van der Waals surface area contributed by atoms with E-state index < -0.39 is 16.0 Å². The second kappa shape index (κ2) is 12.7. The predicted octanol–water partition coefficient (Wildman–Crippen LogP) is 3.81. The first-order valence-electron chi connectivity index (χ1n) is 12.4. The lowest BCUT2D eigenvalue weighted by atomic mass is 9.85. The highest BCUT2D eigenvalue weighted by molar-refractivity contribution is 7.91. The van der Waals surface area contributed by atoms with E-state index in [0.29, 0.717) is 24.6 Å². The number of fused-ring (bicyclic) bond motifs is 1. The van der Waals surface area contributed by atoms with E-state index >= 15 is 0 Å². The van der Waals surface area contributed by atoms with E-state index in [1.807, 2.05) is 17.5 Å². The zero-order chi connectivity index (χ0) is 28.9. The Hall–Kier alpha value is -3.66. The Labute approximate surface area is 234 Å². The molecule has 4 N–H and O–H groups in total. The number of hydrogen-bond acceptors (Lipinski definition) is 11. The number of hydrogen-bond donors (Lipinski definition) is 3. The Bertz CT molecular complexity index is 1540. The Morgan fingerprint density at radius 1 is 1.15 bits per heavy atom. The van der Waals surface area contributed by atoms with Crippen LogP contribution in [-0.4, -0.2) is 82.0 Å². The molecule has 15 heteroatoms. The molecular formula is C25H30N6O7S2. The molecule has 4 heterocycles. The molecule has 1 saturated carbocycles. The van der Waals surface area contributed by atoms with Crippen LogP contribution in [0.4, 0.5) is 10.6 Å². The van der Waals surface area contributed by atoms with E-state index in [-0.39, 0.29) is 22.7 Å². The summed E-state index contributed by atoms with van der Waals surface area (Å²) in [6.07, 6.45) is 7.76. The van der Waals surface area contributed by atoms with Crippen molar-refractivity contribution < 1.29 is 32.9 Å². The molecule has 5 rings (SSSR count). The van der Waals surface area contributed by atoms with Gasteiger partial charge in [-0.3, -0.25) is 4.98 Å². The molecule has 0 aliphatic heterocycles. The van der Waals surface area contributed by atoms with Gasteiger partial charge in [-0.25, -0.2) is 23.2 Å². The van der Waals surface area contributed by atoms with Crippen LogP contribution in [0.5, 0.6) is 0 Å². The monoisotopic (exact) mass is 590 g/mol. The van der Waals surface area contributed by atoms with E-state index in [1.54, 1.807) is 25.7 Å². The molecule has 13 nitrogen and oxygen atoms in total. The van der Waals surface area contributed by atoms with Crippen LogP contribution in [0, 0.1) is 0 Å². The number of aromatic nitrogens is 5. The third-order valence-electron chi connectivity index (χ3n) is 6.46. The van der Waals surface area contributed by atoms with Crippen LogP contribution in [0.3, 0.4) is 0 Å². The van der Waals surface area contributed by atoms with E-state index in [9.17, 15) is 8.42 Å². The summed E-state index contributed by atoms with van der Waals surface area (Å²) in [4.78, 5) is 22.3. The van der Waals surface area contributed by atoms with Crippen molar-refractivity contribution >= 4 is 38.8 Å². The first-order chi connectivity index (χ1) is 19.1. The molecule has 0 amide bonds. The predicted molar refractivity (Wildman–Crippen MR) is 148 cm³/mol. The largest absolute Gasteiger partial charge is 0.503 e. The van der Waals surface area contributed by atoms with Gasteiger partial charge in [0.15, 0.2) is 15.5 Å². The van der Waals surface area contributed by atoms with Crippen LogP contribution in [0.15, 0.2) is 41.0 Å². The number of sulfone groups is 1. The number of rotatable bonds is 8. The van der Waals surface area contributed by atoms with Crippen molar-refractivity contribution in [3.05, 3.63) is 41.8 Å². The SMILES string of the molecule is COCCOC1CCC(c2nc3c(-c4ccc(-c5nccs5)nc4)cnn3c(N)c2S(C)(=O)=O)CC1.O=C(O)O. The first-order valence-corrected chi connectivity index (χ1v) is 15.1. The molecule has 1 aliphatic rings. The maximum atomic E-state index is 12.8. The molecular weight excluding hydrogens is 560 g/mol.